The number of amides is 1. The van der Waals surface area contributed by atoms with Crippen molar-refractivity contribution in [2.75, 3.05) is 20.2 Å². The minimum Gasteiger partial charge on any atom is -0.353 e. The van der Waals surface area contributed by atoms with Crippen molar-refractivity contribution < 1.29 is 9.63 Å². The van der Waals surface area contributed by atoms with Crippen LogP contribution >= 0.6 is 0 Å². The second-order valence-electron chi connectivity index (χ2n) is 7.69. The van der Waals surface area contributed by atoms with Crippen molar-refractivity contribution in [3.63, 3.8) is 0 Å². The van der Waals surface area contributed by atoms with Crippen LogP contribution < -0.4 is 5.32 Å². The van der Waals surface area contributed by atoms with Crippen molar-refractivity contribution >= 4 is 5.91 Å². The number of rotatable bonds is 3. The van der Waals surface area contributed by atoms with E-state index in [1.54, 1.807) is 7.11 Å². The van der Waals surface area contributed by atoms with E-state index in [1.165, 1.54) is 24.0 Å². The molecule has 3 aliphatic rings. The molecule has 24 heavy (non-hydrogen) atoms. The number of nitrogens with one attached hydrogen (secondary N) is 1. The second kappa shape index (κ2) is 6.85. The standard InChI is InChI=1S/C20H28N2O2/c1-24-22-10-8-14(9-11-22)20(23)21-19-17-6-7-18(19)13-16-5-3-2-4-15(16)12-17/h2-5,14,17-19H,6-13H2,1H3,(H,21,23). The largest absolute Gasteiger partial charge is 0.353 e. The molecule has 4 rings (SSSR count). The number of nitrogens with zero attached hydrogens (tertiary/aromatic N) is 1. The molecular formula is C20H28N2O2. The summed E-state index contributed by atoms with van der Waals surface area (Å²) in [6, 6.07) is 9.21. The van der Waals surface area contributed by atoms with Crippen molar-refractivity contribution in [3.8, 4) is 0 Å². The third-order valence-electron chi connectivity index (χ3n) is 6.40. The van der Waals surface area contributed by atoms with Gasteiger partial charge >= 0.3 is 0 Å². The summed E-state index contributed by atoms with van der Waals surface area (Å²) in [4.78, 5) is 18.1. The molecule has 4 heteroatoms. The van der Waals surface area contributed by atoms with E-state index in [0.717, 1.165) is 38.8 Å². The van der Waals surface area contributed by atoms with Gasteiger partial charge in [-0.25, -0.2) is 0 Å². The SMILES string of the molecule is CON1CCC(C(=O)NC2C3CCC2Cc2ccccc2C3)CC1. The van der Waals surface area contributed by atoms with Crippen molar-refractivity contribution in [1.82, 2.24) is 10.4 Å². The normalized spacial score (nSPS) is 30.6. The van der Waals surface area contributed by atoms with Crippen molar-refractivity contribution in [3.05, 3.63) is 35.4 Å². The summed E-state index contributed by atoms with van der Waals surface area (Å²) in [5, 5.41) is 5.41. The van der Waals surface area contributed by atoms with E-state index in [0.29, 0.717) is 17.9 Å². The lowest BCUT2D eigenvalue weighted by atomic mass is 9.92. The van der Waals surface area contributed by atoms with Gasteiger partial charge in [-0.05, 0) is 61.5 Å². The minimum absolute atomic E-state index is 0.154. The van der Waals surface area contributed by atoms with Crippen LogP contribution in [0.15, 0.2) is 24.3 Å². The Labute approximate surface area is 144 Å². The number of hydroxylamine groups is 2. The molecule has 2 unspecified atom stereocenters. The summed E-state index contributed by atoms with van der Waals surface area (Å²) in [6.45, 7) is 1.72. The van der Waals surface area contributed by atoms with E-state index in [4.69, 9.17) is 4.84 Å². The van der Waals surface area contributed by atoms with Crippen molar-refractivity contribution in [2.24, 2.45) is 17.8 Å². The lowest BCUT2D eigenvalue weighted by molar-refractivity contribution is -0.154. The second-order valence-corrected chi connectivity index (χ2v) is 7.69. The molecule has 1 N–H and O–H groups in total. The van der Waals surface area contributed by atoms with Crippen LogP contribution in [0.3, 0.4) is 0 Å². The van der Waals surface area contributed by atoms with E-state index < -0.39 is 0 Å². The molecule has 2 fully saturated rings. The molecular weight excluding hydrogens is 300 g/mol. The number of carbonyl (C=O) groups excluding carboxylic acids is 1. The molecule has 1 saturated carbocycles. The Balaban J connectivity index is 1.41. The maximum absolute atomic E-state index is 12.8. The molecule has 1 heterocycles. The first-order valence-corrected chi connectivity index (χ1v) is 9.41. The molecule has 1 saturated heterocycles. The van der Waals surface area contributed by atoms with E-state index in [2.05, 4.69) is 29.6 Å². The van der Waals surface area contributed by atoms with Gasteiger partial charge in [-0.2, -0.15) is 5.06 Å². The Hall–Kier alpha value is -1.39. The Morgan fingerprint density at radius 2 is 1.62 bits per heavy atom. The Morgan fingerprint density at radius 3 is 2.17 bits per heavy atom. The smallest absolute Gasteiger partial charge is 0.223 e. The first-order valence-electron chi connectivity index (χ1n) is 9.41. The van der Waals surface area contributed by atoms with Crippen LogP contribution in [0.2, 0.25) is 0 Å². The van der Waals surface area contributed by atoms with Crippen molar-refractivity contribution in [2.45, 2.75) is 44.6 Å². The summed E-state index contributed by atoms with van der Waals surface area (Å²) in [5.74, 6) is 1.66. The number of fused-ring (bicyclic) bond motifs is 3. The molecule has 1 aromatic rings. The zero-order valence-corrected chi connectivity index (χ0v) is 14.5. The fraction of sp³-hybridized carbons (Fsp3) is 0.650. The maximum Gasteiger partial charge on any atom is 0.223 e. The Kier molecular flexibility index (Phi) is 4.59. The zero-order valence-electron chi connectivity index (χ0n) is 14.5. The highest BCUT2D eigenvalue weighted by Gasteiger charge is 2.40. The first-order chi connectivity index (χ1) is 11.7. The first kappa shape index (κ1) is 16.1. The topological polar surface area (TPSA) is 41.6 Å². The van der Waals surface area contributed by atoms with E-state index in [9.17, 15) is 4.79 Å². The van der Waals surface area contributed by atoms with Crippen LogP contribution in [0.4, 0.5) is 0 Å². The van der Waals surface area contributed by atoms with Gasteiger partial charge in [-0.15, -0.1) is 0 Å². The van der Waals surface area contributed by atoms with Gasteiger partial charge in [-0.1, -0.05) is 24.3 Å². The number of carbonyl (C=O) groups is 1. The lowest BCUT2D eigenvalue weighted by Crippen LogP contribution is -2.47. The van der Waals surface area contributed by atoms with Gasteiger partial charge in [0.15, 0.2) is 0 Å². The molecule has 2 aliphatic carbocycles. The average Bonchev–Trinajstić information content (AvgIpc) is 2.89. The molecule has 0 radical (unpaired) electrons. The van der Waals surface area contributed by atoms with E-state index >= 15 is 0 Å². The van der Waals surface area contributed by atoms with E-state index in [-0.39, 0.29) is 11.8 Å². The number of piperidine rings is 1. The van der Waals surface area contributed by atoms with Crippen LogP contribution in [0, 0.1) is 17.8 Å². The Bertz CT molecular complexity index is 562. The number of hydrogen-bond donors (Lipinski definition) is 1. The van der Waals surface area contributed by atoms with Gasteiger partial charge in [0.2, 0.25) is 5.91 Å². The molecule has 0 aromatic heterocycles. The fourth-order valence-corrected chi connectivity index (χ4v) is 4.97. The maximum atomic E-state index is 12.8. The van der Waals surface area contributed by atoms with Crippen LogP contribution in [-0.2, 0) is 22.5 Å². The summed E-state index contributed by atoms with van der Waals surface area (Å²) < 4.78 is 0. The molecule has 1 aromatic carbocycles. The van der Waals surface area contributed by atoms with Gasteiger partial charge in [0, 0.05) is 25.0 Å². The van der Waals surface area contributed by atoms with Crippen LogP contribution in [0.1, 0.15) is 36.8 Å². The fourth-order valence-electron chi connectivity index (χ4n) is 4.97. The summed E-state index contributed by atoms with van der Waals surface area (Å²) in [7, 11) is 1.71. The number of benzene rings is 1. The number of hydrogen-bond acceptors (Lipinski definition) is 3. The quantitative estimate of drug-likeness (QED) is 0.927. The molecule has 1 aliphatic heterocycles. The highest BCUT2D eigenvalue weighted by Crippen LogP contribution is 2.40. The summed E-state index contributed by atoms with van der Waals surface area (Å²) in [5.41, 5.74) is 3.00. The van der Waals surface area contributed by atoms with Gasteiger partial charge in [0.25, 0.3) is 0 Å². The third-order valence-corrected chi connectivity index (χ3v) is 6.40. The molecule has 0 spiro atoms. The molecule has 2 atom stereocenters. The molecule has 130 valence electrons. The summed E-state index contributed by atoms with van der Waals surface area (Å²) in [6.07, 6.45) is 6.57. The van der Waals surface area contributed by atoms with Gasteiger partial charge in [-0.3, -0.25) is 4.79 Å². The molecule has 2 bridgehead atoms. The predicted molar refractivity (Wildman–Crippen MR) is 93.3 cm³/mol. The molecule has 1 amide bonds. The van der Waals surface area contributed by atoms with Crippen LogP contribution in [0.25, 0.3) is 0 Å². The lowest BCUT2D eigenvalue weighted by Gasteiger charge is -2.31. The highest BCUT2D eigenvalue weighted by molar-refractivity contribution is 5.79. The van der Waals surface area contributed by atoms with Gasteiger partial charge < -0.3 is 10.2 Å². The highest BCUT2D eigenvalue weighted by atomic mass is 16.7. The molecule has 4 nitrogen and oxygen atoms in total. The van der Waals surface area contributed by atoms with Crippen molar-refractivity contribution in [1.29, 1.82) is 0 Å². The average molecular weight is 328 g/mol. The Morgan fingerprint density at radius 1 is 1.04 bits per heavy atom. The van der Waals surface area contributed by atoms with Gasteiger partial charge in [0.05, 0.1) is 7.11 Å². The van der Waals surface area contributed by atoms with Crippen LogP contribution in [0.5, 0.6) is 0 Å². The zero-order chi connectivity index (χ0) is 16.5. The monoisotopic (exact) mass is 328 g/mol. The third kappa shape index (κ3) is 3.09. The predicted octanol–water partition coefficient (Wildman–Crippen LogP) is 2.57. The minimum atomic E-state index is 0.154. The summed E-state index contributed by atoms with van der Waals surface area (Å²) >= 11 is 0. The van der Waals surface area contributed by atoms with E-state index in [1.807, 2.05) is 5.06 Å². The van der Waals surface area contributed by atoms with Crippen LogP contribution in [-0.4, -0.2) is 37.2 Å². The van der Waals surface area contributed by atoms with Gasteiger partial charge in [0.1, 0.15) is 0 Å².